The number of halogens is 3. The van der Waals surface area contributed by atoms with Gasteiger partial charge in [0.2, 0.25) is 0 Å². The van der Waals surface area contributed by atoms with Crippen LogP contribution >= 0.6 is 0 Å². The maximum Gasteiger partial charge on any atom is 0.432 e. The van der Waals surface area contributed by atoms with Gasteiger partial charge in [0.1, 0.15) is 11.5 Å². The van der Waals surface area contributed by atoms with E-state index >= 15 is 0 Å². The van der Waals surface area contributed by atoms with Gasteiger partial charge in [0.05, 0.1) is 11.9 Å². The van der Waals surface area contributed by atoms with Crippen LogP contribution in [0.15, 0.2) is 60.8 Å². The Morgan fingerprint density at radius 3 is 2.28 bits per heavy atom. The smallest absolute Gasteiger partial charge is 0.355 e. The van der Waals surface area contributed by atoms with Crippen LogP contribution in [-0.4, -0.2) is 33.3 Å². The van der Waals surface area contributed by atoms with Gasteiger partial charge in [0, 0.05) is 36.2 Å². The van der Waals surface area contributed by atoms with E-state index in [1.807, 2.05) is 30.3 Å². The molecule has 0 spiro atoms. The first-order chi connectivity index (χ1) is 15.5. The summed E-state index contributed by atoms with van der Waals surface area (Å²) in [6, 6.07) is 18.3. The number of nitrogens with zero attached hydrogens (tertiary/aromatic N) is 4. The lowest BCUT2D eigenvalue weighted by Gasteiger charge is -2.32. The summed E-state index contributed by atoms with van der Waals surface area (Å²) in [5.74, 6) is 1.20. The Morgan fingerprint density at radius 2 is 1.59 bits per heavy atom. The fourth-order valence-corrected chi connectivity index (χ4v) is 4.35. The first kappa shape index (κ1) is 20.5. The zero-order valence-electron chi connectivity index (χ0n) is 17.3. The molecule has 8 heteroatoms. The quantitative estimate of drug-likeness (QED) is 0.468. The predicted molar refractivity (Wildman–Crippen MR) is 117 cm³/mol. The van der Waals surface area contributed by atoms with E-state index in [2.05, 4.69) is 49.3 Å². The highest BCUT2D eigenvalue weighted by molar-refractivity contribution is 5.93. The molecule has 0 atom stereocenters. The van der Waals surface area contributed by atoms with Crippen LogP contribution in [0, 0.1) is 0 Å². The Kier molecular flexibility index (Phi) is 5.28. The van der Waals surface area contributed by atoms with Crippen molar-refractivity contribution in [3.05, 3.63) is 83.6 Å². The third kappa shape index (κ3) is 4.04. The molecule has 0 bridgehead atoms. The summed E-state index contributed by atoms with van der Waals surface area (Å²) in [4.78, 5) is 8.61. The molecule has 0 unspecified atom stereocenters. The number of rotatable bonds is 4. The van der Waals surface area contributed by atoms with E-state index in [0.29, 0.717) is 38.2 Å². The number of fused-ring (bicyclic) bond motifs is 1. The number of imidazole rings is 1. The molecule has 0 amide bonds. The molecule has 1 aliphatic heterocycles. The number of hydrogen-bond donors (Lipinski definition) is 1. The predicted octanol–water partition coefficient (Wildman–Crippen LogP) is 5.35. The number of aromatic amines is 1. The molecular weight excluding hydrogens is 415 g/mol. The van der Waals surface area contributed by atoms with Crippen molar-refractivity contribution in [1.82, 2.24) is 20.2 Å². The molecule has 32 heavy (non-hydrogen) atoms. The van der Waals surface area contributed by atoms with Crippen LogP contribution < -0.4 is 4.90 Å². The van der Waals surface area contributed by atoms with Crippen LogP contribution in [0.5, 0.6) is 0 Å². The SMILES string of the molecule is FC(F)(F)c1cnc(C2CCN(c3nnc(Cc4ccccc4)c4ccccc34)CC2)[nH]1. The molecule has 1 N–H and O–H groups in total. The molecule has 1 fully saturated rings. The topological polar surface area (TPSA) is 57.7 Å². The molecule has 3 heterocycles. The minimum Gasteiger partial charge on any atom is -0.355 e. The number of benzene rings is 2. The number of nitrogens with one attached hydrogen (secondary N) is 1. The van der Waals surface area contributed by atoms with Gasteiger partial charge in [-0.2, -0.15) is 18.3 Å². The molecule has 1 aliphatic rings. The van der Waals surface area contributed by atoms with Crippen molar-refractivity contribution >= 4 is 16.6 Å². The Bertz CT molecular complexity index is 1210. The van der Waals surface area contributed by atoms with E-state index in [-0.39, 0.29) is 5.92 Å². The van der Waals surface area contributed by atoms with E-state index in [9.17, 15) is 13.2 Å². The summed E-state index contributed by atoms with van der Waals surface area (Å²) in [5.41, 5.74) is 1.32. The van der Waals surface area contributed by atoms with Crippen molar-refractivity contribution in [2.45, 2.75) is 31.4 Å². The van der Waals surface area contributed by atoms with Gasteiger partial charge in [0.25, 0.3) is 0 Å². The molecular formula is C24H22F3N5. The summed E-state index contributed by atoms with van der Waals surface area (Å²) >= 11 is 0. The van der Waals surface area contributed by atoms with Gasteiger partial charge in [0.15, 0.2) is 5.82 Å². The van der Waals surface area contributed by atoms with Gasteiger partial charge >= 0.3 is 6.18 Å². The number of aromatic nitrogens is 4. The molecule has 0 aliphatic carbocycles. The highest BCUT2D eigenvalue weighted by Crippen LogP contribution is 2.34. The second kappa shape index (κ2) is 8.26. The monoisotopic (exact) mass is 437 g/mol. The zero-order chi connectivity index (χ0) is 22.1. The second-order valence-corrected chi connectivity index (χ2v) is 8.12. The van der Waals surface area contributed by atoms with Gasteiger partial charge in [-0.25, -0.2) is 4.98 Å². The van der Waals surface area contributed by atoms with Crippen LogP contribution in [0.4, 0.5) is 19.0 Å². The highest BCUT2D eigenvalue weighted by Gasteiger charge is 2.34. The molecule has 4 aromatic rings. The van der Waals surface area contributed by atoms with Gasteiger partial charge in [-0.05, 0) is 18.4 Å². The number of hydrogen-bond acceptors (Lipinski definition) is 4. The lowest BCUT2D eigenvalue weighted by atomic mass is 9.95. The molecule has 1 saturated heterocycles. The minimum absolute atomic E-state index is 0.0288. The lowest BCUT2D eigenvalue weighted by Crippen LogP contribution is -2.34. The Morgan fingerprint density at radius 1 is 0.906 bits per heavy atom. The van der Waals surface area contributed by atoms with Crippen LogP contribution in [0.2, 0.25) is 0 Å². The van der Waals surface area contributed by atoms with Crippen molar-refractivity contribution in [3.8, 4) is 0 Å². The standard InChI is InChI=1S/C24H22F3N5/c25-24(26,27)21-15-28-22(29-21)17-10-12-32(13-11-17)23-19-9-5-4-8-18(19)20(30-31-23)14-16-6-2-1-3-7-16/h1-9,15,17H,10-14H2,(H,28,29). The molecule has 2 aromatic carbocycles. The van der Waals surface area contributed by atoms with Crippen molar-refractivity contribution < 1.29 is 13.2 Å². The highest BCUT2D eigenvalue weighted by atomic mass is 19.4. The first-order valence-corrected chi connectivity index (χ1v) is 10.6. The molecule has 0 radical (unpaired) electrons. The Labute approximate surface area is 183 Å². The molecule has 5 rings (SSSR count). The summed E-state index contributed by atoms with van der Waals surface area (Å²) in [6.45, 7) is 1.37. The van der Waals surface area contributed by atoms with Crippen molar-refractivity contribution in [1.29, 1.82) is 0 Å². The minimum atomic E-state index is -4.40. The van der Waals surface area contributed by atoms with Crippen molar-refractivity contribution in [2.75, 3.05) is 18.0 Å². The van der Waals surface area contributed by atoms with Gasteiger partial charge in [-0.3, -0.25) is 0 Å². The van der Waals surface area contributed by atoms with Crippen LogP contribution in [0.3, 0.4) is 0 Å². The Hall–Kier alpha value is -3.42. The van der Waals surface area contributed by atoms with Crippen LogP contribution in [0.25, 0.3) is 10.8 Å². The largest absolute Gasteiger partial charge is 0.432 e. The molecule has 5 nitrogen and oxygen atoms in total. The number of H-pyrrole nitrogens is 1. The molecule has 164 valence electrons. The number of alkyl halides is 3. The van der Waals surface area contributed by atoms with E-state index in [1.165, 1.54) is 5.56 Å². The fourth-order valence-electron chi connectivity index (χ4n) is 4.35. The van der Waals surface area contributed by atoms with E-state index in [1.54, 1.807) is 0 Å². The second-order valence-electron chi connectivity index (χ2n) is 8.12. The van der Waals surface area contributed by atoms with E-state index in [0.717, 1.165) is 28.5 Å². The normalized spacial score (nSPS) is 15.4. The van der Waals surface area contributed by atoms with Gasteiger partial charge in [-0.1, -0.05) is 54.6 Å². The maximum atomic E-state index is 12.9. The van der Waals surface area contributed by atoms with E-state index in [4.69, 9.17) is 0 Å². The Balaban J connectivity index is 1.36. The fraction of sp³-hybridized carbons (Fsp3) is 0.292. The average molecular weight is 437 g/mol. The summed E-state index contributed by atoms with van der Waals surface area (Å²) < 4.78 is 38.6. The molecule has 2 aromatic heterocycles. The summed E-state index contributed by atoms with van der Waals surface area (Å²) in [5, 5.41) is 11.2. The lowest BCUT2D eigenvalue weighted by molar-refractivity contribution is -0.141. The third-order valence-corrected chi connectivity index (χ3v) is 6.04. The van der Waals surface area contributed by atoms with Crippen molar-refractivity contribution in [3.63, 3.8) is 0 Å². The number of anilines is 1. The van der Waals surface area contributed by atoms with Gasteiger partial charge < -0.3 is 9.88 Å². The zero-order valence-corrected chi connectivity index (χ0v) is 17.3. The maximum absolute atomic E-state index is 12.9. The van der Waals surface area contributed by atoms with Crippen molar-refractivity contribution in [2.24, 2.45) is 0 Å². The van der Waals surface area contributed by atoms with Crippen LogP contribution in [-0.2, 0) is 12.6 Å². The molecule has 0 saturated carbocycles. The summed E-state index contributed by atoms with van der Waals surface area (Å²) in [6.07, 6.45) is -1.41. The average Bonchev–Trinajstić information content (AvgIpc) is 3.31. The third-order valence-electron chi connectivity index (χ3n) is 6.04. The van der Waals surface area contributed by atoms with Crippen LogP contribution in [0.1, 0.15) is 41.5 Å². The van der Waals surface area contributed by atoms with Gasteiger partial charge in [-0.15, -0.1) is 5.10 Å². The van der Waals surface area contributed by atoms with E-state index < -0.39 is 11.9 Å². The number of piperidine rings is 1. The first-order valence-electron chi connectivity index (χ1n) is 10.6. The summed E-state index contributed by atoms with van der Waals surface area (Å²) in [7, 11) is 0.